The number of ether oxygens (including phenoxy) is 1. The highest BCUT2D eigenvalue weighted by Crippen LogP contribution is 2.20. The number of nitrogens with one attached hydrogen (secondary N) is 1. The minimum atomic E-state index is -0.724. The van der Waals surface area contributed by atoms with Crippen molar-refractivity contribution >= 4 is 11.8 Å². The molecule has 1 aliphatic heterocycles. The van der Waals surface area contributed by atoms with E-state index in [-0.39, 0.29) is 0 Å². The number of carbonyl (C=O) groups is 1. The second-order valence-corrected chi connectivity index (χ2v) is 5.06. The van der Waals surface area contributed by atoms with Crippen molar-refractivity contribution in [3.05, 3.63) is 29.8 Å². The van der Waals surface area contributed by atoms with Crippen LogP contribution in [0.5, 0.6) is 0 Å². The molecular formula is C15H23N3O2. The summed E-state index contributed by atoms with van der Waals surface area (Å²) in [6.45, 7) is 4.02. The lowest BCUT2D eigenvalue weighted by atomic mass is 10.1. The van der Waals surface area contributed by atoms with Crippen molar-refractivity contribution in [3.8, 4) is 0 Å². The fourth-order valence-corrected chi connectivity index (χ4v) is 2.43. The Hall–Kier alpha value is -1.75. The van der Waals surface area contributed by atoms with E-state index in [1.807, 2.05) is 0 Å². The molecule has 0 bridgehead atoms. The molecule has 110 valence electrons. The van der Waals surface area contributed by atoms with E-state index in [1.54, 1.807) is 0 Å². The third-order valence-electron chi connectivity index (χ3n) is 3.51. The Kier molecular flexibility index (Phi) is 5.68. The summed E-state index contributed by atoms with van der Waals surface area (Å²) >= 11 is 0. The van der Waals surface area contributed by atoms with Gasteiger partial charge in [-0.2, -0.15) is 0 Å². The fourth-order valence-electron chi connectivity index (χ4n) is 2.43. The van der Waals surface area contributed by atoms with Crippen LogP contribution in [-0.2, 0) is 11.3 Å². The summed E-state index contributed by atoms with van der Waals surface area (Å²) in [4.78, 5) is 12.8. The lowest BCUT2D eigenvalue weighted by Crippen LogP contribution is -2.29. The first-order chi connectivity index (χ1) is 9.75. The van der Waals surface area contributed by atoms with Crippen molar-refractivity contribution in [2.24, 2.45) is 5.73 Å². The molecule has 0 aliphatic carbocycles. The number of anilines is 1. The van der Waals surface area contributed by atoms with Crippen molar-refractivity contribution in [1.82, 2.24) is 5.32 Å². The summed E-state index contributed by atoms with van der Waals surface area (Å²) in [5, 5.41) is 3.21. The van der Waals surface area contributed by atoms with Crippen LogP contribution >= 0.6 is 0 Å². The average Bonchev–Trinajstić information content (AvgIpc) is 2.48. The van der Waals surface area contributed by atoms with E-state index in [9.17, 15) is 4.79 Å². The number of amides is 1. The van der Waals surface area contributed by atoms with Gasteiger partial charge in [0.1, 0.15) is 6.61 Å². The smallest absolute Gasteiger partial charge is 0.404 e. The number of nitrogens with zero attached hydrogens (tertiary/aromatic N) is 1. The number of hydrogen-bond acceptors (Lipinski definition) is 4. The monoisotopic (exact) mass is 277 g/mol. The van der Waals surface area contributed by atoms with Gasteiger partial charge in [-0.3, -0.25) is 0 Å². The van der Waals surface area contributed by atoms with Gasteiger partial charge in [-0.15, -0.1) is 0 Å². The highest BCUT2D eigenvalue weighted by molar-refractivity contribution is 5.64. The van der Waals surface area contributed by atoms with Crippen LogP contribution in [0.3, 0.4) is 0 Å². The Morgan fingerprint density at radius 3 is 2.55 bits per heavy atom. The van der Waals surface area contributed by atoms with Gasteiger partial charge in [-0.1, -0.05) is 12.1 Å². The normalized spacial score (nSPS) is 15.1. The van der Waals surface area contributed by atoms with Gasteiger partial charge in [0.25, 0.3) is 0 Å². The summed E-state index contributed by atoms with van der Waals surface area (Å²) in [7, 11) is 0. The van der Waals surface area contributed by atoms with E-state index in [0.29, 0.717) is 13.2 Å². The fraction of sp³-hybridized carbons (Fsp3) is 0.533. The van der Waals surface area contributed by atoms with E-state index in [4.69, 9.17) is 5.73 Å². The summed E-state index contributed by atoms with van der Waals surface area (Å²) < 4.78 is 4.65. The minimum absolute atomic E-state index is 0.307. The number of primary amides is 1. The van der Waals surface area contributed by atoms with Crippen LogP contribution in [0.4, 0.5) is 10.5 Å². The third-order valence-corrected chi connectivity index (χ3v) is 3.51. The van der Waals surface area contributed by atoms with Crippen LogP contribution in [0.25, 0.3) is 0 Å². The summed E-state index contributed by atoms with van der Waals surface area (Å²) in [6.07, 6.45) is 3.22. The number of carbonyl (C=O) groups excluding carboxylic acids is 1. The molecule has 1 aliphatic rings. The van der Waals surface area contributed by atoms with Gasteiger partial charge in [0, 0.05) is 31.9 Å². The second kappa shape index (κ2) is 7.75. The average molecular weight is 277 g/mol. The molecule has 1 saturated heterocycles. The van der Waals surface area contributed by atoms with Crippen LogP contribution in [0.15, 0.2) is 24.3 Å². The Balaban J connectivity index is 1.72. The standard InChI is InChI=1S/C15H23N3O2/c16-15(19)20-11-8-17-12-13-4-6-14(7-5-13)18-9-2-1-3-10-18/h4-7,17H,1-3,8-12H2,(H2,16,19). The van der Waals surface area contributed by atoms with Crippen LogP contribution in [0, 0.1) is 0 Å². The van der Waals surface area contributed by atoms with E-state index in [2.05, 4.69) is 39.2 Å². The number of benzene rings is 1. The maximum atomic E-state index is 10.4. The van der Waals surface area contributed by atoms with E-state index in [0.717, 1.165) is 6.54 Å². The van der Waals surface area contributed by atoms with E-state index in [1.165, 1.54) is 43.6 Å². The molecule has 1 fully saturated rings. The van der Waals surface area contributed by atoms with Gasteiger partial charge in [0.05, 0.1) is 0 Å². The number of piperidine rings is 1. The third kappa shape index (κ3) is 4.74. The molecule has 0 saturated carbocycles. The first-order valence-corrected chi connectivity index (χ1v) is 7.22. The van der Waals surface area contributed by atoms with E-state index >= 15 is 0 Å². The summed E-state index contributed by atoms with van der Waals surface area (Å²) in [5.74, 6) is 0. The van der Waals surface area contributed by atoms with Gasteiger partial charge < -0.3 is 20.7 Å². The van der Waals surface area contributed by atoms with Gasteiger partial charge >= 0.3 is 6.09 Å². The SMILES string of the molecule is NC(=O)OCCNCc1ccc(N2CCCCC2)cc1. The number of hydrogen-bond donors (Lipinski definition) is 2. The van der Waals surface area contributed by atoms with Crippen molar-refractivity contribution in [2.45, 2.75) is 25.8 Å². The largest absolute Gasteiger partial charge is 0.448 e. The van der Waals surface area contributed by atoms with Crippen LogP contribution in [0.2, 0.25) is 0 Å². The molecule has 3 N–H and O–H groups in total. The molecular weight excluding hydrogens is 254 g/mol. The molecule has 1 heterocycles. The molecule has 1 amide bonds. The van der Waals surface area contributed by atoms with Gasteiger partial charge in [-0.25, -0.2) is 4.79 Å². The van der Waals surface area contributed by atoms with Gasteiger partial charge in [0.2, 0.25) is 0 Å². The van der Waals surface area contributed by atoms with Crippen LogP contribution < -0.4 is 16.0 Å². The Morgan fingerprint density at radius 2 is 1.90 bits per heavy atom. The summed E-state index contributed by atoms with van der Waals surface area (Å²) in [5.41, 5.74) is 7.42. The molecule has 5 nitrogen and oxygen atoms in total. The number of rotatable bonds is 6. The molecule has 2 rings (SSSR count). The molecule has 0 atom stereocenters. The zero-order chi connectivity index (χ0) is 14.2. The number of nitrogens with two attached hydrogens (primary N) is 1. The highest BCUT2D eigenvalue weighted by atomic mass is 16.5. The predicted octanol–water partition coefficient (Wildman–Crippen LogP) is 1.86. The molecule has 20 heavy (non-hydrogen) atoms. The van der Waals surface area contributed by atoms with Gasteiger partial charge in [-0.05, 0) is 37.0 Å². The lowest BCUT2D eigenvalue weighted by molar-refractivity contribution is 0.157. The van der Waals surface area contributed by atoms with E-state index < -0.39 is 6.09 Å². The summed E-state index contributed by atoms with van der Waals surface area (Å²) in [6, 6.07) is 8.66. The topological polar surface area (TPSA) is 67.6 Å². The zero-order valence-corrected chi connectivity index (χ0v) is 11.8. The molecule has 1 aromatic rings. The van der Waals surface area contributed by atoms with Crippen LogP contribution in [-0.4, -0.2) is 32.3 Å². The molecule has 0 aromatic heterocycles. The maximum Gasteiger partial charge on any atom is 0.404 e. The minimum Gasteiger partial charge on any atom is -0.448 e. The first-order valence-electron chi connectivity index (χ1n) is 7.22. The quantitative estimate of drug-likeness (QED) is 0.779. The molecule has 0 unspecified atom stereocenters. The molecule has 5 heteroatoms. The van der Waals surface area contributed by atoms with Crippen molar-refractivity contribution in [3.63, 3.8) is 0 Å². The van der Waals surface area contributed by atoms with Crippen molar-refractivity contribution < 1.29 is 9.53 Å². The molecule has 1 aromatic carbocycles. The van der Waals surface area contributed by atoms with Crippen molar-refractivity contribution in [1.29, 1.82) is 0 Å². The second-order valence-electron chi connectivity index (χ2n) is 5.06. The van der Waals surface area contributed by atoms with Crippen molar-refractivity contribution in [2.75, 3.05) is 31.1 Å². The van der Waals surface area contributed by atoms with Gasteiger partial charge in [0.15, 0.2) is 0 Å². The molecule has 0 radical (unpaired) electrons. The van der Waals surface area contributed by atoms with Crippen LogP contribution in [0.1, 0.15) is 24.8 Å². The predicted molar refractivity (Wildman–Crippen MR) is 79.7 cm³/mol. The Labute approximate surface area is 120 Å². The zero-order valence-electron chi connectivity index (χ0n) is 11.8. The molecule has 0 spiro atoms. The maximum absolute atomic E-state index is 10.4. The highest BCUT2D eigenvalue weighted by Gasteiger charge is 2.10. The Bertz CT molecular complexity index is 414. The first kappa shape index (κ1) is 14.7. The lowest BCUT2D eigenvalue weighted by Gasteiger charge is -2.28. The Morgan fingerprint density at radius 1 is 1.20 bits per heavy atom.